The molecule has 0 radical (unpaired) electrons. The zero-order chi connectivity index (χ0) is 14.8. The Morgan fingerprint density at radius 1 is 1.11 bits per heavy atom. The first-order chi connectivity index (χ1) is 8.88. The van der Waals surface area contributed by atoms with E-state index in [2.05, 4.69) is 10.1 Å². The van der Waals surface area contributed by atoms with Gasteiger partial charge >= 0.3 is 11.9 Å². The lowest BCUT2D eigenvalue weighted by Crippen LogP contribution is -2.44. The van der Waals surface area contributed by atoms with E-state index in [0.29, 0.717) is 19.3 Å². The molecule has 0 rings (SSSR count). The van der Waals surface area contributed by atoms with Crippen LogP contribution in [-0.4, -0.2) is 36.1 Å². The molecule has 1 amide bonds. The predicted molar refractivity (Wildman–Crippen MR) is 69.5 cm³/mol. The molecule has 2 N–H and O–H groups in total. The van der Waals surface area contributed by atoms with Gasteiger partial charge in [-0.2, -0.15) is 0 Å². The number of carboxylic acids is 1. The van der Waals surface area contributed by atoms with Crippen molar-refractivity contribution < 1.29 is 24.2 Å². The van der Waals surface area contributed by atoms with Crippen molar-refractivity contribution in [1.29, 1.82) is 0 Å². The number of amides is 1. The second-order valence-corrected chi connectivity index (χ2v) is 4.76. The number of rotatable bonds is 9. The third kappa shape index (κ3) is 8.18. The minimum absolute atomic E-state index is 0.152. The fourth-order valence-corrected chi connectivity index (χ4v) is 1.59. The number of esters is 1. The summed E-state index contributed by atoms with van der Waals surface area (Å²) >= 11 is 0. The van der Waals surface area contributed by atoms with Crippen molar-refractivity contribution in [3.8, 4) is 0 Å². The van der Waals surface area contributed by atoms with Gasteiger partial charge in [0.25, 0.3) is 0 Å². The number of ether oxygens (including phenoxy) is 1. The van der Waals surface area contributed by atoms with E-state index in [4.69, 9.17) is 5.11 Å². The second-order valence-electron chi connectivity index (χ2n) is 4.76. The average molecular weight is 273 g/mol. The summed E-state index contributed by atoms with van der Waals surface area (Å²) in [5.41, 5.74) is 0. The highest BCUT2D eigenvalue weighted by molar-refractivity contribution is 5.83. The molecule has 6 heteroatoms. The van der Waals surface area contributed by atoms with Gasteiger partial charge in [0.15, 0.2) is 0 Å². The third-order valence-electron chi connectivity index (χ3n) is 2.76. The molecule has 19 heavy (non-hydrogen) atoms. The lowest BCUT2D eigenvalue weighted by molar-refractivity contribution is -0.143. The number of carbonyl (C=O) groups excluding carboxylic acids is 2. The highest BCUT2D eigenvalue weighted by Crippen LogP contribution is 2.06. The van der Waals surface area contributed by atoms with Crippen molar-refractivity contribution in [3.63, 3.8) is 0 Å². The molecule has 0 aromatic carbocycles. The zero-order valence-corrected chi connectivity index (χ0v) is 11.8. The second kappa shape index (κ2) is 9.35. The van der Waals surface area contributed by atoms with Gasteiger partial charge in [-0.25, -0.2) is 4.79 Å². The Labute approximate surface area is 113 Å². The topological polar surface area (TPSA) is 92.7 Å². The first-order valence-electron chi connectivity index (χ1n) is 6.47. The predicted octanol–water partition coefficient (Wildman–Crippen LogP) is 1.34. The molecule has 1 atom stereocenters. The number of unbranched alkanes of at least 4 members (excludes halogenated alkanes) is 2. The first-order valence-corrected chi connectivity index (χ1v) is 6.47. The molecule has 0 fully saturated rings. The van der Waals surface area contributed by atoms with Crippen LogP contribution in [0.15, 0.2) is 0 Å². The van der Waals surface area contributed by atoms with Crippen molar-refractivity contribution in [2.24, 2.45) is 5.92 Å². The monoisotopic (exact) mass is 273 g/mol. The largest absolute Gasteiger partial charge is 0.480 e. The fraction of sp³-hybridized carbons (Fsp3) is 0.769. The molecule has 0 bridgehead atoms. The molecule has 0 aliphatic carbocycles. The van der Waals surface area contributed by atoms with Crippen LogP contribution in [0, 0.1) is 5.92 Å². The van der Waals surface area contributed by atoms with Crippen LogP contribution < -0.4 is 5.32 Å². The number of hydrogen-bond donors (Lipinski definition) is 2. The summed E-state index contributed by atoms with van der Waals surface area (Å²) in [6, 6.07) is -0.845. The molecule has 1 unspecified atom stereocenters. The lowest BCUT2D eigenvalue weighted by atomic mass is 10.0. The van der Waals surface area contributed by atoms with Crippen LogP contribution in [-0.2, 0) is 19.1 Å². The molecule has 0 aromatic rings. The highest BCUT2D eigenvalue weighted by atomic mass is 16.5. The maximum Gasteiger partial charge on any atom is 0.326 e. The third-order valence-corrected chi connectivity index (χ3v) is 2.76. The summed E-state index contributed by atoms with van der Waals surface area (Å²) in [6.45, 7) is 3.49. The molecule has 0 spiro atoms. The molecule has 0 saturated heterocycles. The van der Waals surface area contributed by atoms with Crippen molar-refractivity contribution >= 4 is 17.8 Å². The Kier molecular flexibility index (Phi) is 8.57. The van der Waals surface area contributed by atoms with E-state index < -0.39 is 12.0 Å². The Morgan fingerprint density at radius 2 is 1.68 bits per heavy atom. The Balaban J connectivity index is 3.80. The molecule has 0 aromatic heterocycles. The minimum Gasteiger partial charge on any atom is -0.480 e. The van der Waals surface area contributed by atoms with Crippen molar-refractivity contribution in [2.75, 3.05) is 7.11 Å². The van der Waals surface area contributed by atoms with Crippen LogP contribution in [0.4, 0.5) is 0 Å². The summed E-state index contributed by atoms with van der Waals surface area (Å²) in [7, 11) is 1.34. The molecular formula is C13H23NO5. The maximum atomic E-state index is 11.5. The van der Waals surface area contributed by atoms with Gasteiger partial charge in [0.05, 0.1) is 7.11 Å². The molecule has 0 aliphatic heterocycles. The smallest absolute Gasteiger partial charge is 0.326 e. The highest BCUT2D eigenvalue weighted by Gasteiger charge is 2.22. The Hall–Kier alpha value is -1.59. The summed E-state index contributed by atoms with van der Waals surface area (Å²) in [6.07, 6.45) is 2.67. The van der Waals surface area contributed by atoms with Crippen LogP contribution in [0.5, 0.6) is 0 Å². The van der Waals surface area contributed by atoms with Gasteiger partial charge in [-0.05, 0) is 18.8 Å². The van der Waals surface area contributed by atoms with Gasteiger partial charge in [0.2, 0.25) is 5.91 Å². The molecular weight excluding hydrogens is 250 g/mol. The SMILES string of the molecule is COC(=O)CCCCCC(=O)NC(C(=O)O)C(C)C. The Bertz CT molecular complexity index is 314. The summed E-state index contributed by atoms with van der Waals surface area (Å²) in [5.74, 6) is -1.69. The summed E-state index contributed by atoms with van der Waals surface area (Å²) in [5, 5.41) is 11.4. The number of nitrogens with one attached hydrogen (secondary N) is 1. The zero-order valence-electron chi connectivity index (χ0n) is 11.8. The van der Waals surface area contributed by atoms with E-state index in [1.54, 1.807) is 13.8 Å². The van der Waals surface area contributed by atoms with E-state index in [9.17, 15) is 14.4 Å². The number of methoxy groups -OCH3 is 1. The van der Waals surface area contributed by atoms with Gasteiger partial charge in [0, 0.05) is 12.8 Å². The minimum atomic E-state index is -1.02. The summed E-state index contributed by atoms with van der Waals surface area (Å²) in [4.78, 5) is 33.3. The molecule has 110 valence electrons. The quantitative estimate of drug-likeness (QED) is 0.488. The maximum absolute atomic E-state index is 11.5. The molecule has 0 aliphatic rings. The first kappa shape index (κ1) is 17.4. The van der Waals surface area contributed by atoms with Crippen molar-refractivity contribution in [2.45, 2.75) is 52.0 Å². The van der Waals surface area contributed by atoms with E-state index >= 15 is 0 Å². The van der Waals surface area contributed by atoms with Crippen molar-refractivity contribution in [1.82, 2.24) is 5.32 Å². The van der Waals surface area contributed by atoms with Gasteiger partial charge in [-0.3, -0.25) is 9.59 Å². The van der Waals surface area contributed by atoms with E-state index in [-0.39, 0.29) is 24.2 Å². The number of hydrogen-bond acceptors (Lipinski definition) is 4. The van der Waals surface area contributed by atoms with E-state index in [1.165, 1.54) is 7.11 Å². The fourth-order valence-electron chi connectivity index (χ4n) is 1.59. The van der Waals surface area contributed by atoms with Gasteiger partial charge in [-0.1, -0.05) is 20.3 Å². The van der Waals surface area contributed by atoms with Gasteiger partial charge in [0.1, 0.15) is 6.04 Å². The standard InChI is InChI=1S/C13H23NO5/c1-9(2)12(13(17)18)14-10(15)7-5-4-6-8-11(16)19-3/h9,12H,4-8H2,1-3H3,(H,14,15)(H,17,18). The lowest BCUT2D eigenvalue weighted by Gasteiger charge is -2.17. The van der Waals surface area contributed by atoms with Crippen LogP contribution >= 0.6 is 0 Å². The van der Waals surface area contributed by atoms with Crippen LogP contribution in [0.3, 0.4) is 0 Å². The van der Waals surface area contributed by atoms with Crippen LogP contribution in [0.25, 0.3) is 0 Å². The average Bonchev–Trinajstić information content (AvgIpc) is 2.34. The Morgan fingerprint density at radius 3 is 2.16 bits per heavy atom. The van der Waals surface area contributed by atoms with E-state index in [0.717, 1.165) is 6.42 Å². The van der Waals surface area contributed by atoms with Crippen LogP contribution in [0.2, 0.25) is 0 Å². The molecule has 0 saturated carbocycles. The number of carbonyl (C=O) groups is 3. The molecule has 0 heterocycles. The molecule has 6 nitrogen and oxygen atoms in total. The van der Waals surface area contributed by atoms with Crippen LogP contribution in [0.1, 0.15) is 46.0 Å². The number of carboxylic acid groups (broad SMARTS) is 1. The summed E-state index contributed by atoms with van der Waals surface area (Å²) < 4.78 is 4.50. The van der Waals surface area contributed by atoms with Gasteiger partial charge < -0.3 is 15.2 Å². The number of aliphatic carboxylic acids is 1. The normalized spacial score (nSPS) is 12.0. The van der Waals surface area contributed by atoms with E-state index in [1.807, 2.05) is 0 Å². The van der Waals surface area contributed by atoms with Crippen molar-refractivity contribution in [3.05, 3.63) is 0 Å². The van der Waals surface area contributed by atoms with Gasteiger partial charge in [-0.15, -0.1) is 0 Å².